The molecule has 0 amide bonds. The number of rotatable bonds is 8. The fraction of sp³-hybridized carbons (Fsp3) is 0.458. The minimum absolute atomic E-state index is 0. The van der Waals surface area contributed by atoms with E-state index in [1.54, 1.807) is 21.3 Å². The van der Waals surface area contributed by atoms with E-state index in [1.807, 2.05) is 42.3 Å². The van der Waals surface area contributed by atoms with Crippen molar-refractivity contribution in [2.24, 2.45) is 4.99 Å². The number of nitrogens with one attached hydrogen (secondary N) is 1. The topological polar surface area (TPSA) is 58.6 Å². The van der Waals surface area contributed by atoms with E-state index in [0.717, 1.165) is 41.7 Å². The third kappa shape index (κ3) is 7.44. The summed E-state index contributed by atoms with van der Waals surface area (Å²) in [7, 11) is 7.05. The van der Waals surface area contributed by atoms with Crippen molar-refractivity contribution >= 4 is 29.9 Å². The molecular weight excluding hydrogens is 538 g/mol. The summed E-state index contributed by atoms with van der Waals surface area (Å²) in [5.41, 5.74) is 2.10. The molecule has 0 aromatic heterocycles. The van der Waals surface area contributed by atoms with Crippen molar-refractivity contribution < 1.29 is 18.6 Å². The second-order valence-corrected chi connectivity index (χ2v) is 7.68. The average molecular weight is 572 g/mol. The van der Waals surface area contributed by atoms with Gasteiger partial charge in [-0.1, -0.05) is 12.1 Å². The van der Waals surface area contributed by atoms with Gasteiger partial charge in [-0.25, -0.2) is 4.39 Å². The summed E-state index contributed by atoms with van der Waals surface area (Å²) >= 11 is 0. The maximum atomic E-state index is 13.5. The van der Waals surface area contributed by atoms with Crippen LogP contribution in [-0.4, -0.2) is 76.9 Å². The molecule has 1 N–H and O–H groups in total. The molecule has 1 fully saturated rings. The Kier molecular flexibility index (Phi) is 11.2. The molecule has 3 rings (SSSR count). The van der Waals surface area contributed by atoms with Crippen LogP contribution >= 0.6 is 24.0 Å². The third-order valence-electron chi connectivity index (χ3n) is 5.67. The zero-order valence-corrected chi connectivity index (χ0v) is 22.0. The van der Waals surface area contributed by atoms with Crippen molar-refractivity contribution in [2.75, 3.05) is 61.2 Å². The lowest BCUT2D eigenvalue weighted by atomic mass is 10.0. The Bertz CT molecular complexity index is 892. The number of methoxy groups -OCH3 is 2. The van der Waals surface area contributed by atoms with Crippen LogP contribution in [0.25, 0.3) is 0 Å². The highest BCUT2D eigenvalue weighted by atomic mass is 127. The Balaban J connectivity index is 0.00000385. The number of morpholine rings is 1. The van der Waals surface area contributed by atoms with Gasteiger partial charge in [0.05, 0.1) is 33.5 Å². The highest BCUT2D eigenvalue weighted by Crippen LogP contribution is 2.26. The molecule has 1 unspecified atom stereocenters. The molecule has 9 heteroatoms. The van der Waals surface area contributed by atoms with Gasteiger partial charge in [-0.05, 0) is 29.8 Å². The van der Waals surface area contributed by atoms with Crippen molar-refractivity contribution in [3.63, 3.8) is 0 Å². The van der Waals surface area contributed by atoms with E-state index in [9.17, 15) is 4.39 Å². The van der Waals surface area contributed by atoms with E-state index in [2.05, 4.69) is 15.2 Å². The summed E-state index contributed by atoms with van der Waals surface area (Å²) in [4.78, 5) is 8.87. The summed E-state index contributed by atoms with van der Waals surface area (Å²) in [5.74, 6) is 2.06. The molecule has 0 saturated carbocycles. The van der Waals surface area contributed by atoms with E-state index in [-0.39, 0.29) is 35.8 Å². The highest BCUT2D eigenvalue weighted by molar-refractivity contribution is 14.0. The molecular formula is C24H34FIN4O3. The first-order valence-corrected chi connectivity index (χ1v) is 10.8. The molecule has 182 valence electrons. The summed E-state index contributed by atoms with van der Waals surface area (Å²) in [6, 6.07) is 12.6. The van der Waals surface area contributed by atoms with Crippen LogP contribution < -0.4 is 14.8 Å². The van der Waals surface area contributed by atoms with Crippen LogP contribution in [0.5, 0.6) is 11.5 Å². The fourth-order valence-corrected chi connectivity index (χ4v) is 3.92. The number of hydrogen-bond donors (Lipinski definition) is 1. The standard InChI is InChI=1S/C24H33FN4O3.HI/c1-26-24(28(2)17-19-7-10-21(30-3)15-23(19)31-4)27-16-22(29-11-13-32-14-12-29)18-5-8-20(25)9-6-18;/h5-10,15,22H,11-14,16-17H2,1-4H3,(H,26,27);1H. The van der Waals surface area contributed by atoms with Crippen LogP contribution in [0.3, 0.4) is 0 Å². The number of ether oxygens (including phenoxy) is 3. The second-order valence-electron chi connectivity index (χ2n) is 7.68. The lowest BCUT2D eigenvalue weighted by Gasteiger charge is -2.35. The van der Waals surface area contributed by atoms with Gasteiger partial charge in [-0.15, -0.1) is 24.0 Å². The zero-order chi connectivity index (χ0) is 22.9. The van der Waals surface area contributed by atoms with Gasteiger partial charge in [-0.3, -0.25) is 9.89 Å². The van der Waals surface area contributed by atoms with E-state index >= 15 is 0 Å². The molecule has 1 atom stereocenters. The van der Waals surface area contributed by atoms with E-state index < -0.39 is 0 Å². The maximum absolute atomic E-state index is 13.5. The maximum Gasteiger partial charge on any atom is 0.193 e. The molecule has 7 nitrogen and oxygen atoms in total. The number of benzene rings is 2. The molecule has 1 saturated heterocycles. The van der Waals surface area contributed by atoms with Gasteiger partial charge in [0.1, 0.15) is 17.3 Å². The molecule has 0 spiro atoms. The monoisotopic (exact) mass is 572 g/mol. The van der Waals surface area contributed by atoms with Gasteiger partial charge in [0.2, 0.25) is 0 Å². The zero-order valence-electron chi connectivity index (χ0n) is 19.7. The quantitative estimate of drug-likeness (QED) is 0.297. The minimum Gasteiger partial charge on any atom is -0.497 e. The third-order valence-corrected chi connectivity index (χ3v) is 5.67. The lowest BCUT2D eigenvalue weighted by molar-refractivity contribution is 0.0169. The minimum atomic E-state index is -0.230. The second kappa shape index (κ2) is 13.6. The molecule has 2 aromatic carbocycles. The van der Waals surface area contributed by atoms with E-state index in [4.69, 9.17) is 14.2 Å². The first-order valence-electron chi connectivity index (χ1n) is 10.8. The Hall–Kier alpha value is -2.11. The summed E-state index contributed by atoms with van der Waals surface area (Å²) in [6.07, 6.45) is 0. The number of guanidine groups is 1. The molecule has 0 aliphatic carbocycles. The van der Waals surface area contributed by atoms with Crippen LogP contribution in [0.2, 0.25) is 0 Å². The fourth-order valence-electron chi connectivity index (χ4n) is 3.92. The van der Waals surface area contributed by atoms with Gasteiger partial charge in [0.25, 0.3) is 0 Å². The van der Waals surface area contributed by atoms with Crippen molar-refractivity contribution in [3.05, 3.63) is 59.4 Å². The van der Waals surface area contributed by atoms with E-state index in [1.165, 1.54) is 12.1 Å². The number of nitrogens with zero attached hydrogens (tertiary/aromatic N) is 3. The molecule has 0 radical (unpaired) electrons. The van der Waals surface area contributed by atoms with E-state index in [0.29, 0.717) is 26.3 Å². The molecule has 2 aromatic rings. The van der Waals surface area contributed by atoms with Gasteiger partial charge in [0.15, 0.2) is 5.96 Å². The van der Waals surface area contributed by atoms with Crippen molar-refractivity contribution in [2.45, 2.75) is 12.6 Å². The molecule has 1 heterocycles. The first-order chi connectivity index (χ1) is 15.5. The summed E-state index contributed by atoms with van der Waals surface area (Å²) in [5, 5.41) is 3.49. The molecule has 33 heavy (non-hydrogen) atoms. The van der Waals surface area contributed by atoms with Crippen LogP contribution in [-0.2, 0) is 11.3 Å². The smallest absolute Gasteiger partial charge is 0.193 e. The largest absolute Gasteiger partial charge is 0.497 e. The summed E-state index contributed by atoms with van der Waals surface area (Å²) in [6.45, 7) is 4.32. The van der Waals surface area contributed by atoms with Crippen LogP contribution in [0.15, 0.2) is 47.5 Å². The first kappa shape index (κ1) is 27.1. The molecule has 1 aliphatic rings. The molecule has 1 aliphatic heterocycles. The lowest BCUT2D eigenvalue weighted by Crippen LogP contribution is -2.46. The number of halogens is 2. The average Bonchev–Trinajstić information content (AvgIpc) is 2.83. The van der Waals surface area contributed by atoms with Gasteiger partial charge >= 0.3 is 0 Å². The van der Waals surface area contributed by atoms with Crippen LogP contribution in [0, 0.1) is 5.82 Å². The molecule has 0 bridgehead atoms. The van der Waals surface area contributed by atoms with Crippen molar-refractivity contribution in [1.82, 2.24) is 15.1 Å². The van der Waals surface area contributed by atoms with Crippen LogP contribution in [0.1, 0.15) is 17.2 Å². The van der Waals surface area contributed by atoms with Gasteiger partial charge < -0.3 is 24.4 Å². The Labute approximate surface area is 212 Å². The number of hydrogen-bond acceptors (Lipinski definition) is 5. The summed E-state index contributed by atoms with van der Waals surface area (Å²) < 4.78 is 29.8. The predicted octanol–water partition coefficient (Wildman–Crippen LogP) is 3.54. The Morgan fingerprint density at radius 1 is 1.15 bits per heavy atom. The highest BCUT2D eigenvalue weighted by Gasteiger charge is 2.23. The van der Waals surface area contributed by atoms with Gasteiger partial charge in [-0.2, -0.15) is 0 Å². The van der Waals surface area contributed by atoms with Gasteiger partial charge in [0, 0.05) is 51.9 Å². The SMILES string of the molecule is CN=C(NCC(c1ccc(F)cc1)N1CCOCC1)N(C)Cc1ccc(OC)cc1OC.I. The normalized spacial score (nSPS) is 15.4. The van der Waals surface area contributed by atoms with Crippen molar-refractivity contribution in [1.29, 1.82) is 0 Å². The van der Waals surface area contributed by atoms with Crippen molar-refractivity contribution in [3.8, 4) is 11.5 Å². The predicted molar refractivity (Wildman–Crippen MR) is 139 cm³/mol. The Morgan fingerprint density at radius 2 is 1.85 bits per heavy atom. The number of aliphatic imine (C=N–C) groups is 1. The Morgan fingerprint density at radius 3 is 2.45 bits per heavy atom. The van der Waals surface area contributed by atoms with Crippen LogP contribution in [0.4, 0.5) is 4.39 Å².